The number of rotatable bonds is 10. The van der Waals surface area contributed by atoms with Crippen molar-refractivity contribution in [3.05, 3.63) is 45.6 Å². The number of Topliss-reactive ketones (excluding diaryl/α,β-unsaturated/α-hetero) is 1. The molecule has 9 heteroatoms. The van der Waals surface area contributed by atoms with E-state index in [2.05, 4.69) is 9.71 Å². The third-order valence-corrected chi connectivity index (χ3v) is 9.89. The number of benzene rings is 1. The van der Waals surface area contributed by atoms with Crippen molar-refractivity contribution >= 4 is 33.0 Å². The Morgan fingerprint density at radius 3 is 2.60 bits per heavy atom. The monoisotopic (exact) mass is 511 g/mol. The Morgan fingerprint density at radius 2 is 1.91 bits per heavy atom. The summed E-state index contributed by atoms with van der Waals surface area (Å²) >= 11 is 1.49. The van der Waals surface area contributed by atoms with E-state index in [1.165, 1.54) is 11.3 Å². The Hall–Kier alpha value is -2.54. The number of aliphatic imine (C=N–C) groups is 1. The van der Waals surface area contributed by atoms with Crippen LogP contribution in [0.3, 0.4) is 0 Å². The largest absolute Gasteiger partial charge is 0.442 e. The van der Waals surface area contributed by atoms with Gasteiger partial charge >= 0.3 is 0 Å². The second-order valence-corrected chi connectivity index (χ2v) is 12.7. The average molecular weight is 512 g/mol. The molecule has 0 bridgehead atoms. The molecule has 2 aromatic rings. The number of carbonyl (C=O) groups is 1. The smallest absolute Gasteiger partial charge is 0.241 e. The number of nitrogens with one attached hydrogen (secondary N) is 1. The molecule has 7 nitrogen and oxygen atoms in total. The second-order valence-electron chi connectivity index (χ2n) is 9.80. The quantitative estimate of drug-likeness (QED) is 0.289. The Kier molecular flexibility index (Phi) is 7.05. The maximum absolute atomic E-state index is 13.5. The van der Waals surface area contributed by atoms with Crippen LogP contribution in [0.5, 0.6) is 5.75 Å². The molecule has 1 heterocycles. The number of hydrogen-bond donors (Lipinski definition) is 1. The van der Waals surface area contributed by atoms with Gasteiger partial charge in [-0.3, -0.25) is 4.79 Å². The number of ether oxygens (including phenoxy) is 1. The van der Waals surface area contributed by atoms with Crippen molar-refractivity contribution in [1.29, 1.82) is 5.26 Å². The summed E-state index contributed by atoms with van der Waals surface area (Å²) in [6.45, 7) is 0.455. The van der Waals surface area contributed by atoms with Crippen LogP contribution in [0.15, 0.2) is 40.2 Å². The van der Waals surface area contributed by atoms with Gasteiger partial charge in [0.2, 0.25) is 22.1 Å². The minimum atomic E-state index is -3.71. The molecule has 0 spiro atoms. The molecular weight excluding hydrogens is 482 g/mol. The number of hydrogen-bond acceptors (Lipinski definition) is 7. The van der Waals surface area contributed by atoms with Gasteiger partial charge in [-0.05, 0) is 74.5 Å². The number of para-hydroxylation sites is 1. The SMILES string of the molecule is N#CN=C(CC1CCc2sc(CC(=O)C3CC3)c(S(=O)(=O)NCC3CC3)c2C1)Oc1ccccc1. The summed E-state index contributed by atoms with van der Waals surface area (Å²) in [5.41, 5.74) is 0.837. The van der Waals surface area contributed by atoms with Crippen molar-refractivity contribution in [2.45, 2.75) is 62.7 Å². The zero-order valence-electron chi connectivity index (χ0n) is 19.5. The van der Waals surface area contributed by atoms with Gasteiger partial charge in [0.05, 0.1) is 4.90 Å². The fraction of sp³-hybridized carbons (Fsp3) is 0.500. The third-order valence-electron chi connectivity index (χ3n) is 6.89. The molecular formula is C26H29N3O4S2. The Balaban J connectivity index is 1.38. The van der Waals surface area contributed by atoms with Crippen LogP contribution in [0.1, 0.15) is 53.8 Å². The van der Waals surface area contributed by atoms with Gasteiger partial charge in [-0.25, -0.2) is 13.1 Å². The van der Waals surface area contributed by atoms with Crippen LogP contribution in [-0.2, 0) is 34.1 Å². The van der Waals surface area contributed by atoms with Crippen molar-refractivity contribution in [3.63, 3.8) is 0 Å². The first-order valence-corrected chi connectivity index (χ1v) is 14.6. The third kappa shape index (κ3) is 6.00. The van der Waals surface area contributed by atoms with E-state index < -0.39 is 10.0 Å². The molecule has 3 aliphatic carbocycles. The van der Waals surface area contributed by atoms with Crippen LogP contribution in [0.4, 0.5) is 0 Å². The van der Waals surface area contributed by atoms with Crippen LogP contribution in [0, 0.1) is 29.2 Å². The van der Waals surface area contributed by atoms with Gasteiger partial charge < -0.3 is 4.74 Å². The number of sulfonamides is 1. The Morgan fingerprint density at radius 1 is 1.14 bits per heavy atom. The summed E-state index contributed by atoms with van der Waals surface area (Å²) in [5.74, 6) is 1.71. The molecule has 0 amide bonds. The summed E-state index contributed by atoms with van der Waals surface area (Å²) in [6, 6.07) is 9.22. The summed E-state index contributed by atoms with van der Waals surface area (Å²) in [4.78, 5) is 18.6. The lowest BCUT2D eigenvalue weighted by molar-refractivity contribution is -0.119. The number of fused-ring (bicyclic) bond motifs is 1. The van der Waals surface area contributed by atoms with Crippen molar-refractivity contribution in [2.24, 2.45) is 22.7 Å². The van der Waals surface area contributed by atoms with Crippen molar-refractivity contribution < 1.29 is 17.9 Å². The molecule has 5 rings (SSSR count). The lowest BCUT2D eigenvalue weighted by Crippen LogP contribution is -2.28. The summed E-state index contributed by atoms with van der Waals surface area (Å²) < 4.78 is 35.6. The Bertz CT molecular complexity index is 1270. The summed E-state index contributed by atoms with van der Waals surface area (Å²) in [7, 11) is -3.71. The molecule has 0 radical (unpaired) electrons. The van der Waals surface area contributed by atoms with E-state index in [-0.39, 0.29) is 24.0 Å². The molecule has 3 aliphatic rings. The summed E-state index contributed by atoms with van der Waals surface area (Å²) in [6.07, 6.45) is 8.58. The van der Waals surface area contributed by atoms with E-state index in [1.54, 1.807) is 0 Å². The van der Waals surface area contributed by atoms with E-state index in [9.17, 15) is 13.2 Å². The standard InChI is InChI=1S/C26H29N3O4S2/c27-16-28-25(33-20-4-2-1-3-5-20)13-18-8-11-23-21(12-18)26(35(31,32)29-15-17-6-7-17)24(34-23)14-22(30)19-9-10-19/h1-5,17-19,29H,6-15H2. The van der Waals surface area contributed by atoms with Crippen molar-refractivity contribution in [3.8, 4) is 11.9 Å². The molecule has 2 fully saturated rings. The fourth-order valence-corrected chi connectivity index (χ4v) is 7.93. The molecule has 1 aromatic heterocycles. The second kappa shape index (κ2) is 10.2. The highest BCUT2D eigenvalue weighted by molar-refractivity contribution is 7.89. The molecule has 2 saturated carbocycles. The molecule has 0 saturated heterocycles. The van der Waals surface area contributed by atoms with Gasteiger partial charge in [-0.15, -0.1) is 16.3 Å². The van der Waals surface area contributed by atoms with E-state index in [1.807, 2.05) is 36.5 Å². The van der Waals surface area contributed by atoms with Gasteiger partial charge in [0.15, 0.2) is 0 Å². The zero-order valence-corrected chi connectivity index (χ0v) is 21.2. The number of thiophene rings is 1. The number of carbonyl (C=O) groups excluding carboxylic acids is 1. The van der Waals surface area contributed by atoms with Gasteiger partial charge in [0.1, 0.15) is 11.5 Å². The first-order chi connectivity index (χ1) is 16.9. The lowest BCUT2D eigenvalue weighted by atomic mass is 9.86. The molecule has 0 aliphatic heterocycles. The Labute approximate surface area is 210 Å². The van der Waals surface area contributed by atoms with Crippen LogP contribution < -0.4 is 9.46 Å². The normalized spacial score (nSPS) is 20.2. The predicted octanol–water partition coefficient (Wildman–Crippen LogP) is 4.41. The van der Waals surface area contributed by atoms with E-state index in [0.29, 0.717) is 46.7 Å². The molecule has 184 valence electrons. The highest BCUT2D eigenvalue weighted by Gasteiger charge is 2.36. The van der Waals surface area contributed by atoms with Gasteiger partial charge in [0, 0.05) is 35.1 Å². The summed E-state index contributed by atoms with van der Waals surface area (Å²) in [5, 5.41) is 9.16. The van der Waals surface area contributed by atoms with E-state index in [0.717, 1.165) is 49.0 Å². The minimum absolute atomic E-state index is 0.0942. The van der Waals surface area contributed by atoms with Gasteiger partial charge in [-0.1, -0.05) is 18.2 Å². The van der Waals surface area contributed by atoms with Crippen LogP contribution in [-0.4, -0.2) is 26.6 Å². The first kappa shape index (κ1) is 24.2. The van der Waals surface area contributed by atoms with Gasteiger partial charge in [0.25, 0.3) is 0 Å². The van der Waals surface area contributed by atoms with Crippen LogP contribution in [0.2, 0.25) is 0 Å². The topological polar surface area (TPSA) is 109 Å². The van der Waals surface area contributed by atoms with Crippen LogP contribution >= 0.6 is 11.3 Å². The molecule has 1 aromatic carbocycles. The average Bonchev–Trinajstić information content (AvgIpc) is 3.75. The number of aryl methyl sites for hydroxylation is 1. The zero-order chi connectivity index (χ0) is 24.4. The number of nitriles is 1. The fourth-order valence-electron chi connectivity index (χ4n) is 4.66. The maximum atomic E-state index is 13.5. The van der Waals surface area contributed by atoms with Crippen molar-refractivity contribution in [1.82, 2.24) is 4.72 Å². The first-order valence-electron chi connectivity index (χ1n) is 12.3. The lowest BCUT2D eigenvalue weighted by Gasteiger charge is -2.23. The van der Waals surface area contributed by atoms with Crippen LogP contribution in [0.25, 0.3) is 0 Å². The highest BCUT2D eigenvalue weighted by Crippen LogP contribution is 2.42. The minimum Gasteiger partial charge on any atom is -0.442 e. The predicted molar refractivity (Wildman–Crippen MR) is 134 cm³/mol. The number of ketones is 1. The van der Waals surface area contributed by atoms with E-state index >= 15 is 0 Å². The van der Waals surface area contributed by atoms with Gasteiger partial charge in [-0.2, -0.15) is 5.26 Å². The van der Waals surface area contributed by atoms with Crippen molar-refractivity contribution in [2.75, 3.05) is 6.54 Å². The molecule has 35 heavy (non-hydrogen) atoms. The highest BCUT2D eigenvalue weighted by atomic mass is 32.2. The molecule has 1 N–H and O–H groups in total. The molecule has 1 unspecified atom stereocenters. The molecule has 1 atom stereocenters. The maximum Gasteiger partial charge on any atom is 0.241 e. The number of nitrogens with zero attached hydrogens (tertiary/aromatic N) is 2. The van der Waals surface area contributed by atoms with E-state index in [4.69, 9.17) is 10.00 Å².